The van der Waals surface area contributed by atoms with Crippen molar-refractivity contribution >= 4 is 11.6 Å². The van der Waals surface area contributed by atoms with Gasteiger partial charge in [0.05, 0.1) is 11.4 Å². The molecule has 5 heteroatoms. The summed E-state index contributed by atoms with van der Waals surface area (Å²) >= 11 is 0. The summed E-state index contributed by atoms with van der Waals surface area (Å²) < 4.78 is 0. The molecular formula is C9H14N4O. The van der Waals surface area contributed by atoms with E-state index in [4.69, 9.17) is 5.73 Å². The molecule has 0 aliphatic heterocycles. The third kappa shape index (κ3) is 1.93. The van der Waals surface area contributed by atoms with Crippen LogP contribution in [0.2, 0.25) is 0 Å². The molecule has 14 heavy (non-hydrogen) atoms. The molecule has 1 heterocycles. The molecular weight excluding hydrogens is 180 g/mol. The minimum atomic E-state index is -0.279. The summed E-state index contributed by atoms with van der Waals surface area (Å²) in [4.78, 5) is 11.4. The van der Waals surface area contributed by atoms with Crippen LogP contribution in [-0.2, 0) is 6.42 Å². The second-order valence-corrected chi connectivity index (χ2v) is 2.82. The van der Waals surface area contributed by atoms with Crippen molar-refractivity contribution in [1.82, 2.24) is 15.5 Å². The van der Waals surface area contributed by atoms with Crippen LogP contribution in [0.1, 0.15) is 23.1 Å². The number of hydrogen-bond donors (Lipinski definition) is 3. The Morgan fingerprint density at radius 1 is 1.79 bits per heavy atom. The molecule has 0 radical (unpaired) electrons. The van der Waals surface area contributed by atoms with Crippen molar-refractivity contribution in [2.45, 2.75) is 13.3 Å². The first kappa shape index (κ1) is 10.3. The number of H-pyrrole nitrogens is 1. The highest BCUT2D eigenvalue weighted by molar-refractivity contribution is 5.97. The number of nitrogens with one attached hydrogen (secondary N) is 2. The van der Waals surface area contributed by atoms with Gasteiger partial charge in [-0.25, -0.2) is 0 Å². The number of nitrogen functional groups attached to an aromatic ring is 1. The van der Waals surface area contributed by atoms with E-state index in [0.29, 0.717) is 12.2 Å². The van der Waals surface area contributed by atoms with Crippen molar-refractivity contribution in [3.63, 3.8) is 0 Å². The molecule has 1 rings (SSSR count). The number of aryl methyl sites for hydroxylation is 1. The summed E-state index contributed by atoms with van der Waals surface area (Å²) in [6.45, 7) is 5.85. The van der Waals surface area contributed by atoms with Gasteiger partial charge >= 0.3 is 0 Å². The Kier molecular flexibility index (Phi) is 3.28. The van der Waals surface area contributed by atoms with E-state index < -0.39 is 0 Å². The third-order valence-corrected chi connectivity index (χ3v) is 1.86. The first-order valence-electron chi connectivity index (χ1n) is 4.42. The second kappa shape index (κ2) is 4.45. The molecule has 0 saturated heterocycles. The molecule has 0 saturated carbocycles. The zero-order valence-corrected chi connectivity index (χ0v) is 8.13. The molecule has 0 aliphatic carbocycles. The van der Waals surface area contributed by atoms with Crippen molar-refractivity contribution in [1.29, 1.82) is 0 Å². The highest BCUT2D eigenvalue weighted by atomic mass is 16.1. The molecule has 1 aromatic heterocycles. The molecule has 0 atom stereocenters. The number of hydrogen-bond acceptors (Lipinski definition) is 3. The van der Waals surface area contributed by atoms with Crippen LogP contribution in [0.15, 0.2) is 12.7 Å². The van der Waals surface area contributed by atoms with E-state index in [0.717, 1.165) is 12.1 Å². The molecule has 0 fully saturated rings. The molecule has 0 aromatic carbocycles. The van der Waals surface area contributed by atoms with Gasteiger partial charge in [-0.3, -0.25) is 9.89 Å². The topological polar surface area (TPSA) is 83.8 Å². The molecule has 76 valence electrons. The molecule has 0 aliphatic rings. The Morgan fingerprint density at radius 2 is 2.50 bits per heavy atom. The van der Waals surface area contributed by atoms with Crippen LogP contribution >= 0.6 is 0 Å². The van der Waals surface area contributed by atoms with E-state index in [1.807, 2.05) is 6.92 Å². The van der Waals surface area contributed by atoms with Crippen LogP contribution in [-0.4, -0.2) is 22.6 Å². The maximum atomic E-state index is 11.4. The maximum absolute atomic E-state index is 11.4. The highest BCUT2D eigenvalue weighted by Crippen LogP contribution is 2.13. The summed E-state index contributed by atoms with van der Waals surface area (Å²) in [5.74, 6) is -0.279. The van der Waals surface area contributed by atoms with Crippen molar-refractivity contribution in [3.05, 3.63) is 24.0 Å². The quantitative estimate of drug-likeness (QED) is 0.609. The predicted molar refractivity (Wildman–Crippen MR) is 54.9 cm³/mol. The largest absolute Gasteiger partial charge is 0.395 e. The van der Waals surface area contributed by atoms with Crippen molar-refractivity contribution < 1.29 is 4.79 Å². The maximum Gasteiger partial charge on any atom is 0.274 e. The van der Waals surface area contributed by atoms with Crippen LogP contribution in [0, 0.1) is 0 Å². The van der Waals surface area contributed by atoms with Gasteiger partial charge in [-0.05, 0) is 6.42 Å². The number of anilines is 1. The Morgan fingerprint density at radius 3 is 3.00 bits per heavy atom. The number of amides is 1. The van der Waals surface area contributed by atoms with Crippen LogP contribution in [0.25, 0.3) is 0 Å². The Balaban J connectivity index is 2.79. The lowest BCUT2D eigenvalue weighted by atomic mass is 10.2. The van der Waals surface area contributed by atoms with Crippen molar-refractivity contribution in [2.24, 2.45) is 0 Å². The summed E-state index contributed by atoms with van der Waals surface area (Å²) in [5.41, 5.74) is 7.17. The Labute approximate surface area is 82.4 Å². The van der Waals surface area contributed by atoms with Gasteiger partial charge < -0.3 is 11.1 Å². The lowest BCUT2D eigenvalue weighted by Gasteiger charge is -1.99. The van der Waals surface area contributed by atoms with E-state index in [1.54, 1.807) is 6.08 Å². The molecule has 5 nitrogen and oxygen atoms in total. The number of nitrogens with two attached hydrogens (primary N) is 1. The fourth-order valence-electron chi connectivity index (χ4n) is 1.08. The molecule has 0 spiro atoms. The lowest BCUT2D eigenvalue weighted by Crippen LogP contribution is -2.24. The van der Waals surface area contributed by atoms with Gasteiger partial charge in [0, 0.05) is 6.54 Å². The number of carbonyl (C=O) groups is 1. The number of aromatic nitrogens is 2. The van der Waals surface area contributed by atoms with E-state index in [9.17, 15) is 4.79 Å². The van der Waals surface area contributed by atoms with Crippen molar-refractivity contribution in [3.8, 4) is 0 Å². The molecule has 4 N–H and O–H groups in total. The van der Waals surface area contributed by atoms with Crippen LogP contribution < -0.4 is 11.1 Å². The Bertz CT molecular complexity index is 343. The van der Waals surface area contributed by atoms with E-state index >= 15 is 0 Å². The van der Waals surface area contributed by atoms with Crippen LogP contribution in [0.3, 0.4) is 0 Å². The average molecular weight is 194 g/mol. The van der Waals surface area contributed by atoms with Gasteiger partial charge in [-0.1, -0.05) is 13.0 Å². The summed E-state index contributed by atoms with van der Waals surface area (Å²) in [6, 6.07) is 0. The molecule has 0 unspecified atom stereocenters. The average Bonchev–Trinajstić information content (AvgIpc) is 2.56. The van der Waals surface area contributed by atoms with Gasteiger partial charge in [0.1, 0.15) is 0 Å². The standard InChI is InChI=1S/C9H14N4O/c1-3-5-11-9(14)8-7(10)6(4-2)12-13-8/h3H,1,4-5,10H2,2H3,(H,11,14)(H,12,13). The smallest absolute Gasteiger partial charge is 0.274 e. The zero-order valence-electron chi connectivity index (χ0n) is 8.13. The van der Waals surface area contributed by atoms with Crippen LogP contribution in [0.4, 0.5) is 5.69 Å². The molecule has 0 bridgehead atoms. The van der Waals surface area contributed by atoms with E-state index in [2.05, 4.69) is 22.1 Å². The van der Waals surface area contributed by atoms with Gasteiger partial charge in [-0.2, -0.15) is 5.10 Å². The lowest BCUT2D eigenvalue weighted by molar-refractivity contribution is 0.0954. The fourth-order valence-corrected chi connectivity index (χ4v) is 1.08. The van der Waals surface area contributed by atoms with Gasteiger partial charge in [0.2, 0.25) is 0 Å². The third-order valence-electron chi connectivity index (χ3n) is 1.86. The zero-order chi connectivity index (χ0) is 10.6. The molecule has 1 aromatic rings. The molecule has 1 amide bonds. The van der Waals surface area contributed by atoms with Gasteiger partial charge in [-0.15, -0.1) is 6.58 Å². The summed E-state index contributed by atoms with van der Waals surface area (Å²) in [5, 5.41) is 9.17. The fraction of sp³-hybridized carbons (Fsp3) is 0.333. The monoisotopic (exact) mass is 194 g/mol. The Hall–Kier alpha value is -1.78. The number of carbonyl (C=O) groups excluding carboxylic acids is 1. The van der Waals surface area contributed by atoms with E-state index in [1.165, 1.54) is 0 Å². The summed E-state index contributed by atoms with van der Waals surface area (Å²) in [6.07, 6.45) is 2.33. The minimum Gasteiger partial charge on any atom is -0.395 e. The van der Waals surface area contributed by atoms with Crippen LogP contribution in [0.5, 0.6) is 0 Å². The first-order valence-corrected chi connectivity index (χ1v) is 4.42. The SMILES string of the molecule is C=CCNC(=O)c1n[nH]c(CC)c1N. The van der Waals surface area contributed by atoms with E-state index in [-0.39, 0.29) is 11.6 Å². The normalized spacial score (nSPS) is 9.79. The predicted octanol–water partition coefficient (Wildman–Crippen LogP) is 0.470. The second-order valence-electron chi connectivity index (χ2n) is 2.82. The first-order chi connectivity index (χ1) is 6.70. The van der Waals surface area contributed by atoms with Gasteiger partial charge in [0.25, 0.3) is 5.91 Å². The van der Waals surface area contributed by atoms with Crippen molar-refractivity contribution in [2.75, 3.05) is 12.3 Å². The highest BCUT2D eigenvalue weighted by Gasteiger charge is 2.14. The number of nitrogens with zero attached hydrogens (tertiary/aromatic N) is 1. The minimum absolute atomic E-state index is 0.253. The summed E-state index contributed by atoms with van der Waals surface area (Å²) in [7, 11) is 0. The van der Waals surface area contributed by atoms with Gasteiger partial charge in [0.15, 0.2) is 5.69 Å². The number of aromatic amines is 1. The number of rotatable bonds is 4.